The van der Waals surface area contributed by atoms with Gasteiger partial charge in [0.25, 0.3) is 0 Å². The Labute approximate surface area is 47.0 Å². The Morgan fingerprint density at radius 3 is 3.14 bits per heavy atom. The van der Waals surface area contributed by atoms with Crippen LogP contribution in [0.5, 0.6) is 0 Å². The topological polar surface area (TPSA) is 17.1 Å². The van der Waals surface area contributed by atoms with Gasteiger partial charge in [-0.3, -0.25) is 4.79 Å². The van der Waals surface area contributed by atoms with E-state index in [-0.39, 0.29) is 0 Å². The quantitative estimate of drug-likeness (QED) is 0.505. The molecule has 0 aliphatic heterocycles. The summed E-state index contributed by atoms with van der Waals surface area (Å²) < 4.78 is 6.60. The van der Waals surface area contributed by atoms with Crippen LogP contribution < -0.4 is 0 Å². The summed E-state index contributed by atoms with van der Waals surface area (Å²) >= 11 is 1.43. The lowest BCUT2D eigenvalue weighted by molar-refractivity contribution is 0.112. The van der Waals surface area contributed by atoms with Gasteiger partial charge in [0.1, 0.15) is 1.37 Å². The minimum absolute atomic E-state index is 0.481. The maximum absolute atomic E-state index is 10.2. The van der Waals surface area contributed by atoms with Crippen molar-refractivity contribution >= 4 is 17.6 Å². The van der Waals surface area contributed by atoms with Crippen LogP contribution in [0.4, 0.5) is 0 Å². The van der Waals surface area contributed by atoms with Crippen LogP contribution in [0.15, 0.2) is 16.8 Å². The van der Waals surface area contributed by atoms with Gasteiger partial charge in [0, 0.05) is 10.9 Å². The smallest absolute Gasteiger partial charge is 0.150 e. The third kappa shape index (κ3) is 0.871. The molecule has 2 heteroatoms. The molecule has 0 amide bonds. The van der Waals surface area contributed by atoms with E-state index < -0.39 is 6.26 Å². The zero-order valence-corrected chi connectivity index (χ0v) is 4.37. The Morgan fingerprint density at radius 2 is 2.86 bits per heavy atom. The van der Waals surface area contributed by atoms with Gasteiger partial charge in [0.15, 0.2) is 6.26 Å². The maximum Gasteiger partial charge on any atom is 0.150 e. The fourth-order valence-electron chi connectivity index (χ4n) is 0.323. The van der Waals surface area contributed by atoms with Gasteiger partial charge >= 0.3 is 0 Å². The van der Waals surface area contributed by atoms with Crippen LogP contribution in [-0.4, -0.2) is 6.26 Å². The molecule has 0 atom stereocenters. The number of rotatable bonds is 1. The van der Waals surface area contributed by atoms with Gasteiger partial charge in [-0.1, -0.05) is 0 Å². The van der Waals surface area contributed by atoms with E-state index >= 15 is 0 Å². The Kier molecular flexibility index (Phi) is 0.912. The second-order valence-corrected chi connectivity index (χ2v) is 1.89. The fraction of sp³-hybridized carbons (Fsp3) is 0. The molecule has 0 saturated heterocycles. The van der Waals surface area contributed by atoms with E-state index in [1.807, 2.05) is 0 Å². The molecular weight excluding hydrogens is 108 g/mol. The van der Waals surface area contributed by atoms with Crippen molar-refractivity contribution in [2.24, 2.45) is 0 Å². The number of carbonyl (C=O) groups is 1. The summed E-state index contributed by atoms with van der Waals surface area (Å²) in [5, 5.41) is 3.44. The summed E-state index contributed by atoms with van der Waals surface area (Å²) in [6, 6.07) is 1.64. The van der Waals surface area contributed by atoms with Crippen molar-refractivity contribution in [2.75, 3.05) is 0 Å². The first-order valence-electron chi connectivity index (χ1n) is 2.34. The molecular formula is C5H4OS. The highest BCUT2D eigenvalue weighted by molar-refractivity contribution is 7.08. The van der Waals surface area contributed by atoms with Gasteiger partial charge in [0.2, 0.25) is 0 Å². The van der Waals surface area contributed by atoms with Crippen molar-refractivity contribution in [3.8, 4) is 0 Å². The molecule has 1 aromatic heterocycles. The number of aldehydes is 1. The molecule has 0 N–H and O–H groups in total. The molecule has 1 rings (SSSR count). The molecule has 0 saturated carbocycles. The van der Waals surface area contributed by atoms with Crippen molar-refractivity contribution in [1.82, 2.24) is 0 Å². The molecule has 36 valence electrons. The highest BCUT2D eigenvalue weighted by Crippen LogP contribution is 2.00. The lowest BCUT2D eigenvalue weighted by Gasteiger charge is -1.65. The van der Waals surface area contributed by atoms with E-state index in [2.05, 4.69) is 0 Å². The largest absolute Gasteiger partial charge is 0.298 e. The minimum Gasteiger partial charge on any atom is -0.298 e. The van der Waals surface area contributed by atoms with E-state index in [1.165, 1.54) is 11.3 Å². The van der Waals surface area contributed by atoms with Gasteiger partial charge < -0.3 is 0 Å². The Balaban J connectivity index is 2.93. The molecule has 0 aliphatic carbocycles. The van der Waals surface area contributed by atoms with Gasteiger partial charge in [-0.15, -0.1) is 0 Å². The van der Waals surface area contributed by atoms with Gasteiger partial charge in [-0.25, -0.2) is 0 Å². The van der Waals surface area contributed by atoms with E-state index in [0.717, 1.165) is 0 Å². The van der Waals surface area contributed by atoms with Crippen molar-refractivity contribution in [1.29, 1.82) is 0 Å². The monoisotopic (exact) mass is 113 g/mol. The zero-order valence-electron chi connectivity index (χ0n) is 4.55. The normalized spacial score (nSPS) is 10.6. The Morgan fingerprint density at radius 1 is 2.00 bits per heavy atom. The number of hydrogen-bond donors (Lipinski definition) is 0. The molecule has 1 aromatic rings. The molecule has 1 nitrogen and oxygen atoms in total. The van der Waals surface area contributed by atoms with Gasteiger partial charge in [-0.2, -0.15) is 11.3 Å². The maximum atomic E-state index is 10.2. The molecule has 0 unspecified atom stereocenters. The third-order valence-corrected chi connectivity index (χ3v) is 1.32. The summed E-state index contributed by atoms with van der Waals surface area (Å²) in [6.45, 7) is 0. The van der Waals surface area contributed by atoms with Gasteiger partial charge in [0.05, 0.1) is 0 Å². The standard InChI is InChI=1S/C5H4OS/c6-3-5-1-2-7-4-5/h1-4H/i3D. The number of hydrogen-bond acceptors (Lipinski definition) is 2. The summed E-state index contributed by atoms with van der Waals surface area (Å²) in [6.07, 6.45) is -0.605. The summed E-state index contributed by atoms with van der Waals surface area (Å²) in [5.74, 6) is 0. The molecule has 7 heavy (non-hydrogen) atoms. The molecule has 0 radical (unpaired) electrons. The second-order valence-electron chi connectivity index (χ2n) is 1.11. The Bertz CT molecular complexity index is 180. The molecule has 0 aromatic carbocycles. The van der Waals surface area contributed by atoms with Crippen molar-refractivity contribution in [3.63, 3.8) is 0 Å². The molecule has 0 spiro atoms. The summed E-state index contributed by atoms with van der Waals surface area (Å²) in [5.41, 5.74) is 0.481. The van der Waals surface area contributed by atoms with Crippen molar-refractivity contribution < 1.29 is 6.17 Å². The van der Waals surface area contributed by atoms with E-state index in [9.17, 15) is 4.79 Å². The van der Waals surface area contributed by atoms with E-state index in [0.29, 0.717) is 5.56 Å². The zero-order chi connectivity index (χ0) is 5.98. The number of thiophene rings is 1. The van der Waals surface area contributed by atoms with Crippen LogP contribution in [0, 0.1) is 0 Å². The van der Waals surface area contributed by atoms with Crippen LogP contribution in [-0.2, 0) is 0 Å². The first kappa shape index (κ1) is 3.38. The van der Waals surface area contributed by atoms with E-state index in [1.54, 1.807) is 16.8 Å². The SMILES string of the molecule is [2H]C(=O)c1ccsc1. The third-order valence-electron chi connectivity index (χ3n) is 0.639. The molecule has 0 bridgehead atoms. The van der Waals surface area contributed by atoms with Crippen LogP contribution in [0.1, 0.15) is 11.7 Å². The van der Waals surface area contributed by atoms with E-state index in [4.69, 9.17) is 1.37 Å². The highest BCUT2D eigenvalue weighted by Gasteiger charge is 1.82. The van der Waals surface area contributed by atoms with Crippen molar-refractivity contribution in [3.05, 3.63) is 22.4 Å². The molecule has 0 aliphatic rings. The van der Waals surface area contributed by atoms with Crippen LogP contribution >= 0.6 is 11.3 Å². The van der Waals surface area contributed by atoms with Crippen LogP contribution in [0.25, 0.3) is 0 Å². The van der Waals surface area contributed by atoms with Gasteiger partial charge in [-0.05, 0) is 11.4 Å². The lowest BCUT2D eigenvalue weighted by atomic mass is 10.4. The van der Waals surface area contributed by atoms with Crippen LogP contribution in [0.2, 0.25) is 0 Å². The Hall–Kier alpha value is -0.630. The predicted molar refractivity (Wildman–Crippen MR) is 29.7 cm³/mol. The first-order valence-corrected chi connectivity index (χ1v) is 2.78. The average molecular weight is 113 g/mol. The lowest BCUT2D eigenvalue weighted by Crippen LogP contribution is -1.64. The minimum atomic E-state index is -0.605. The average Bonchev–Trinajstić information content (AvgIpc) is 2.12. The molecule has 1 heterocycles. The number of carbonyl (C=O) groups excluding carboxylic acids is 1. The first-order chi connectivity index (χ1) is 3.80. The van der Waals surface area contributed by atoms with Crippen molar-refractivity contribution in [2.45, 2.75) is 0 Å². The predicted octanol–water partition coefficient (Wildman–Crippen LogP) is 1.56. The summed E-state index contributed by atoms with van der Waals surface area (Å²) in [4.78, 5) is 10.2. The highest BCUT2D eigenvalue weighted by atomic mass is 32.1. The molecule has 0 fully saturated rings. The second kappa shape index (κ2) is 1.89. The van der Waals surface area contributed by atoms with Crippen LogP contribution in [0.3, 0.4) is 0 Å². The fourth-order valence-corrected chi connectivity index (χ4v) is 0.900. The summed E-state index contributed by atoms with van der Waals surface area (Å²) in [7, 11) is 0.